The van der Waals surface area contributed by atoms with Crippen LogP contribution in [0.5, 0.6) is 5.75 Å². The van der Waals surface area contributed by atoms with E-state index >= 15 is 0 Å². The molecule has 0 heterocycles. The molecule has 0 aliphatic rings. The van der Waals surface area contributed by atoms with Crippen LogP contribution in [0.3, 0.4) is 0 Å². The van der Waals surface area contributed by atoms with Crippen molar-refractivity contribution in [3.8, 4) is 5.75 Å². The van der Waals surface area contributed by atoms with E-state index in [1.54, 1.807) is 20.1 Å². The fourth-order valence-corrected chi connectivity index (χ4v) is 2.86. The lowest BCUT2D eigenvalue weighted by atomic mass is 10.1. The Kier molecular flexibility index (Phi) is 4.45. The van der Waals surface area contributed by atoms with Crippen LogP contribution in [0.4, 0.5) is 4.39 Å². The highest BCUT2D eigenvalue weighted by Crippen LogP contribution is 2.33. The number of carbonyl (C=O) groups is 1. The third-order valence-corrected chi connectivity index (χ3v) is 3.99. The number of carbonyl (C=O) groups excluding carboxylic acids is 1. The Morgan fingerprint density at radius 3 is 2.40 bits per heavy atom. The molecule has 0 unspecified atom stereocenters. The maximum atomic E-state index is 13.6. The number of Topliss-reactive ketones (excluding diaryl/α,β-unsaturated/α-hetero) is 1. The summed E-state index contributed by atoms with van der Waals surface area (Å²) in [6.45, 7) is 3.14. The molecule has 0 saturated heterocycles. The first kappa shape index (κ1) is 14.6. The number of benzene rings is 2. The van der Waals surface area contributed by atoms with Crippen molar-refractivity contribution in [2.75, 3.05) is 7.11 Å². The summed E-state index contributed by atoms with van der Waals surface area (Å²) in [6.07, 6.45) is 0. The van der Waals surface area contributed by atoms with Crippen LogP contribution in [-0.2, 0) is 0 Å². The van der Waals surface area contributed by atoms with Crippen molar-refractivity contribution in [2.24, 2.45) is 0 Å². The summed E-state index contributed by atoms with van der Waals surface area (Å²) in [5.41, 5.74) is 0.944. The maximum Gasteiger partial charge on any atom is 0.161 e. The average Bonchev–Trinajstić information content (AvgIpc) is 2.43. The van der Waals surface area contributed by atoms with E-state index in [4.69, 9.17) is 4.74 Å². The minimum absolute atomic E-state index is 0.139. The van der Waals surface area contributed by atoms with Gasteiger partial charge in [-0.2, -0.15) is 0 Å². The Morgan fingerprint density at radius 1 is 1.20 bits per heavy atom. The van der Waals surface area contributed by atoms with E-state index in [2.05, 4.69) is 0 Å². The molecule has 0 spiro atoms. The van der Waals surface area contributed by atoms with Gasteiger partial charge < -0.3 is 4.74 Å². The van der Waals surface area contributed by atoms with Crippen LogP contribution in [0.25, 0.3) is 0 Å². The number of aryl methyl sites for hydroxylation is 1. The largest absolute Gasteiger partial charge is 0.497 e. The van der Waals surface area contributed by atoms with Crippen molar-refractivity contribution in [1.82, 2.24) is 0 Å². The molecule has 2 aromatic rings. The lowest BCUT2D eigenvalue weighted by Crippen LogP contribution is -1.98. The fraction of sp³-hybridized carbons (Fsp3) is 0.188. The second-order valence-corrected chi connectivity index (χ2v) is 5.55. The van der Waals surface area contributed by atoms with Crippen LogP contribution in [0, 0.1) is 12.7 Å². The average molecular weight is 290 g/mol. The van der Waals surface area contributed by atoms with Gasteiger partial charge in [-0.15, -0.1) is 0 Å². The number of methoxy groups -OCH3 is 1. The molecular formula is C16H15FO2S. The van der Waals surface area contributed by atoms with E-state index in [0.29, 0.717) is 11.1 Å². The fourth-order valence-electron chi connectivity index (χ4n) is 1.79. The van der Waals surface area contributed by atoms with E-state index in [1.807, 2.05) is 24.3 Å². The third-order valence-electron chi connectivity index (χ3n) is 2.93. The van der Waals surface area contributed by atoms with Gasteiger partial charge in [-0.1, -0.05) is 11.8 Å². The Labute approximate surface area is 122 Å². The minimum atomic E-state index is -0.353. The van der Waals surface area contributed by atoms with Gasteiger partial charge in [0.1, 0.15) is 11.6 Å². The van der Waals surface area contributed by atoms with Gasteiger partial charge >= 0.3 is 0 Å². The van der Waals surface area contributed by atoms with Gasteiger partial charge in [0.15, 0.2) is 5.78 Å². The smallest absolute Gasteiger partial charge is 0.161 e. The molecule has 20 heavy (non-hydrogen) atoms. The van der Waals surface area contributed by atoms with Crippen LogP contribution in [0.1, 0.15) is 22.8 Å². The van der Waals surface area contributed by atoms with Crippen molar-refractivity contribution in [2.45, 2.75) is 23.6 Å². The highest BCUT2D eigenvalue weighted by atomic mass is 32.2. The van der Waals surface area contributed by atoms with Crippen molar-refractivity contribution in [3.63, 3.8) is 0 Å². The number of hydrogen-bond donors (Lipinski definition) is 0. The number of hydrogen-bond acceptors (Lipinski definition) is 3. The first-order valence-corrected chi connectivity index (χ1v) is 6.96. The molecule has 0 fully saturated rings. The predicted molar refractivity (Wildman–Crippen MR) is 78.3 cm³/mol. The zero-order chi connectivity index (χ0) is 14.7. The highest BCUT2D eigenvalue weighted by Gasteiger charge is 2.12. The van der Waals surface area contributed by atoms with Gasteiger partial charge in [0.25, 0.3) is 0 Å². The van der Waals surface area contributed by atoms with Crippen LogP contribution >= 0.6 is 11.8 Å². The molecule has 0 aliphatic heterocycles. The predicted octanol–water partition coefficient (Wildman–Crippen LogP) is 4.50. The molecule has 0 atom stereocenters. The van der Waals surface area contributed by atoms with E-state index in [0.717, 1.165) is 15.5 Å². The van der Waals surface area contributed by atoms with Crippen molar-refractivity contribution >= 4 is 17.5 Å². The van der Waals surface area contributed by atoms with Gasteiger partial charge in [0, 0.05) is 15.4 Å². The van der Waals surface area contributed by atoms with Crippen molar-refractivity contribution < 1.29 is 13.9 Å². The molecule has 0 radical (unpaired) electrons. The Bertz CT molecular complexity index is 636. The molecule has 0 saturated carbocycles. The van der Waals surface area contributed by atoms with Gasteiger partial charge in [-0.3, -0.25) is 4.79 Å². The standard InChI is InChI=1S/C16H15FO2S/c1-10-8-16(14(11(2)18)9-15(10)17)20-13-6-4-12(19-3)5-7-13/h4-9H,1-3H3. The normalized spacial score (nSPS) is 10.4. The molecule has 4 heteroatoms. The zero-order valence-electron chi connectivity index (χ0n) is 11.6. The van der Waals surface area contributed by atoms with Crippen LogP contribution < -0.4 is 4.74 Å². The summed E-state index contributed by atoms with van der Waals surface area (Å²) in [5, 5.41) is 0. The Morgan fingerprint density at radius 2 is 1.85 bits per heavy atom. The number of ether oxygens (including phenoxy) is 1. The number of halogens is 1. The van der Waals surface area contributed by atoms with Crippen LogP contribution in [0.2, 0.25) is 0 Å². The summed E-state index contributed by atoms with van der Waals surface area (Å²) in [4.78, 5) is 13.4. The SMILES string of the molecule is COc1ccc(Sc2cc(C)c(F)cc2C(C)=O)cc1. The summed E-state index contributed by atoms with van der Waals surface area (Å²) in [6, 6.07) is 10.5. The molecule has 0 amide bonds. The van der Waals surface area contributed by atoms with Gasteiger partial charge in [-0.25, -0.2) is 4.39 Å². The highest BCUT2D eigenvalue weighted by molar-refractivity contribution is 7.99. The Hall–Kier alpha value is -1.81. The molecule has 104 valence electrons. The minimum Gasteiger partial charge on any atom is -0.497 e. The van der Waals surface area contributed by atoms with Crippen molar-refractivity contribution in [3.05, 3.63) is 53.3 Å². The van der Waals surface area contributed by atoms with Gasteiger partial charge in [0.2, 0.25) is 0 Å². The maximum absolute atomic E-state index is 13.6. The first-order chi connectivity index (χ1) is 9.51. The monoisotopic (exact) mass is 290 g/mol. The van der Waals surface area contributed by atoms with Crippen molar-refractivity contribution in [1.29, 1.82) is 0 Å². The summed E-state index contributed by atoms with van der Waals surface area (Å²) in [5.74, 6) is 0.283. The topological polar surface area (TPSA) is 26.3 Å². The lowest BCUT2D eigenvalue weighted by Gasteiger charge is -2.09. The van der Waals surface area contributed by atoms with Crippen LogP contribution in [-0.4, -0.2) is 12.9 Å². The first-order valence-electron chi connectivity index (χ1n) is 6.14. The van der Waals surface area contributed by atoms with Gasteiger partial charge in [-0.05, 0) is 55.8 Å². The summed E-state index contributed by atoms with van der Waals surface area (Å²) < 4.78 is 18.7. The molecule has 0 aliphatic carbocycles. The van der Waals surface area contributed by atoms with E-state index in [1.165, 1.54) is 24.8 Å². The molecule has 0 N–H and O–H groups in total. The zero-order valence-corrected chi connectivity index (χ0v) is 12.4. The molecule has 2 aromatic carbocycles. The summed E-state index contributed by atoms with van der Waals surface area (Å²) >= 11 is 1.44. The third kappa shape index (κ3) is 3.20. The molecule has 0 bridgehead atoms. The van der Waals surface area contributed by atoms with E-state index in [-0.39, 0.29) is 11.6 Å². The van der Waals surface area contributed by atoms with Crippen LogP contribution in [0.15, 0.2) is 46.2 Å². The summed E-state index contributed by atoms with van der Waals surface area (Å²) in [7, 11) is 1.61. The quantitative estimate of drug-likeness (QED) is 0.776. The number of rotatable bonds is 4. The second-order valence-electron chi connectivity index (χ2n) is 4.43. The lowest BCUT2D eigenvalue weighted by molar-refractivity contribution is 0.101. The molecule has 2 rings (SSSR count). The Balaban J connectivity index is 2.36. The molecule has 0 aromatic heterocycles. The molecular weight excluding hydrogens is 275 g/mol. The van der Waals surface area contributed by atoms with E-state index in [9.17, 15) is 9.18 Å². The van der Waals surface area contributed by atoms with E-state index < -0.39 is 0 Å². The number of ketones is 1. The molecule has 2 nitrogen and oxygen atoms in total. The second kappa shape index (κ2) is 6.09. The van der Waals surface area contributed by atoms with Gasteiger partial charge in [0.05, 0.1) is 7.11 Å².